The van der Waals surface area contributed by atoms with Crippen molar-refractivity contribution in [1.29, 1.82) is 0 Å². The van der Waals surface area contributed by atoms with Crippen LogP contribution in [0.25, 0.3) is 0 Å². The van der Waals surface area contributed by atoms with Crippen LogP contribution in [0.5, 0.6) is 0 Å². The van der Waals surface area contributed by atoms with Gasteiger partial charge in [0.1, 0.15) is 5.82 Å². The first-order valence-corrected chi connectivity index (χ1v) is 5.16. The Balaban J connectivity index is 2.49. The summed E-state index contributed by atoms with van der Waals surface area (Å²) < 4.78 is 14.2. The van der Waals surface area contributed by atoms with E-state index < -0.39 is 5.54 Å². The summed E-state index contributed by atoms with van der Waals surface area (Å²) in [7, 11) is 0. The molecule has 0 aromatic heterocycles. The highest BCUT2D eigenvalue weighted by Crippen LogP contribution is 2.42. The van der Waals surface area contributed by atoms with Gasteiger partial charge in [0.2, 0.25) is 0 Å². The molecule has 0 spiro atoms. The average Bonchev–Trinajstić information content (AvgIpc) is 2.01. The van der Waals surface area contributed by atoms with E-state index in [1.54, 1.807) is 6.07 Å². The minimum Gasteiger partial charge on any atom is -0.321 e. The molecule has 1 aliphatic carbocycles. The number of hydrogen-bond donors (Lipinski definition) is 1. The van der Waals surface area contributed by atoms with Crippen molar-refractivity contribution in [3.8, 4) is 0 Å². The predicted octanol–water partition coefficient (Wildman–Crippen LogP) is 2.93. The second-order valence-corrected chi connectivity index (χ2v) is 4.46. The maximum absolute atomic E-state index is 13.5. The lowest BCUT2D eigenvalue weighted by molar-refractivity contribution is 0.244. The zero-order valence-corrected chi connectivity index (χ0v) is 8.77. The molecule has 1 nitrogen and oxygen atoms in total. The van der Waals surface area contributed by atoms with Crippen LogP contribution in [-0.2, 0) is 5.54 Å². The Morgan fingerprint density at radius 3 is 2.54 bits per heavy atom. The molecule has 0 unspecified atom stereocenters. The monoisotopic (exact) mass is 243 g/mol. The largest absolute Gasteiger partial charge is 0.321 e. The highest BCUT2D eigenvalue weighted by atomic mass is 79.9. The molecule has 1 aliphatic rings. The van der Waals surface area contributed by atoms with Crippen LogP contribution in [0.4, 0.5) is 4.39 Å². The third-order valence-electron chi connectivity index (χ3n) is 2.71. The quantitative estimate of drug-likeness (QED) is 0.807. The van der Waals surface area contributed by atoms with Crippen molar-refractivity contribution in [3.05, 3.63) is 34.1 Å². The Morgan fingerprint density at radius 2 is 2.08 bits per heavy atom. The lowest BCUT2D eigenvalue weighted by atomic mass is 9.72. The Morgan fingerprint density at radius 1 is 1.38 bits per heavy atom. The van der Waals surface area contributed by atoms with Gasteiger partial charge in [-0.3, -0.25) is 0 Å². The van der Waals surface area contributed by atoms with Gasteiger partial charge in [0.15, 0.2) is 0 Å². The fourth-order valence-corrected chi connectivity index (χ4v) is 2.52. The summed E-state index contributed by atoms with van der Waals surface area (Å²) in [5.74, 6) is -0.198. The molecule has 0 aliphatic heterocycles. The molecule has 0 amide bonds. The van der Waals surface area contributed by atoms with Crippen LogP contribution in [0.1, 0.15) is 24.8 Å². The maximum Gasteiger partial charge on any atom is 0.129 e. The highest BCUT2D eigenvalue weighted by Gasteiger charge is 2.37. The van der Waals surface area contributed by atoms with Crippen molar-refractivity contribution < 1.29 is 4.39 Å². The Bertz CT molecular complexity index is 313. The van der Waals surface area contributed by atoms with E-state index in [0.717, 1.165) is 23.7 Å². The number of rotatable bonds is 1. The number of nitrogens with two attached hydrogens (primary N) is 1. The van der Waals surface area contributed by atoms with Gasteiger partial charge in [-0.2, -0.15) is 0 Å². The highest BCUT2D eigenvalue weighted by molar-refractivity contribution is 9.10. The number of benzene rings is 1. The van der Waals surface area contributed by atoms with E-state index in [-0.39, 0.29) is 5.82 Å². The van der Waals surface area contributed by atoms with Gasteiger partial charge in [0.05, 0.1) is 0 Å². The minimum atomic E-state index is -0.426. The topological polar surface area (TPSA) is 26.0 Å². The van der Waals surface area contributed by atoms with Gasteiger partial charge in [0.25, 0.3) is 0 Å². The zero-order valence-electron chi connectivity index (χ0n) is 7.19. The Labute approximate surface area is 85.3 Å². The standard InChI is InChI=1S/C10H11BrFN/c11-7-3-1-4-8(12)9(7)10(13)5-2-6-10/h1,3-4H,2,5-6,13H2. The zero-order chi connectivity index (χ0) is 9.47. The molecule has 2 rings (SSSR count). The maximum atomic E-state index is 13.5. The van der Waals surface area contributed by atoms with Crippen molar-refractivity contribution in [3.63, 3.8) is 0 Å². The SMILES string of the molecule is NC1(c2c(F)cccc2Br)CCC1. The smallest absolute Gasteiger partial charge is 0.129 e. The van der Waals surface area contributed by atoms with Crippen molar-refractivity contribution in [1.82, 2.24) is 0 Å². The molecular formula is C10H11BrFN. The molecule has 13 heavy (non-hydrogen) atoms. The first kappa shape index (κ1) is 9.16. The third kappa shape index (κ3) is 1.40. The summed E-state index contributed by atoms with van der Waals surface area (Å²) in [6, 6.07) is 4.99. The second kappa shape index (κ2) is 3.07. The van der Waals surface area contributed by atoms with Crippen LogP contribution in [0.2, 0.25) is 0 Å². The molecule has 1 aromatic rings. The Kier molecular flexibility index (Phi) is 2.16. The van der Waals surface area contributed by atoms with E-state index in [1.165, 1.54) is 6.07 Å². The lowest BCUT2D eigenvalue weighted by Crippen LogP contribution is -2.44. The first-order chi connectivity index (χ1) is 6.13. The molecule has 1 fully saturated rings. The van der Waals surface area contributed by atoms with Gasteiger partial charge < -0.3 is 5.73 Å². The van der Waals surface area contributed by atoms with E-state index in [4.69, 9.17) is 5.73 Å². The Hall–Kier alpha value is -0.410. The van der Waals surface area contributed by atoms with Gasteiger partial charge in [0, 0.05) is 15.6 Å². The van der Waals surface area contributed by atoms with Crippen LogP contribution in [0.15, 0.2) is 22.7 Å². The van der Waals surface area contributed by atoms with Gasteiger partial charge in [-0.25, -0.2) is 4.39 Å². The average molecular weight is 244 g/mol. The molecule has 2 N–H and O–H groups in total. The van der Waals surface area contributed by atoms with Crippen molar-refractivity contribution in [2.75, 3.05) is 0 Å². The molecular weight excluding hydrogens is 233 g/mol. The molecule has 70 valence electrons. The van der Waals surface area contributed by atoms with Gasteiger partial charge in [-0.15, -0.1) is 0 Å². The van der Waals surface area contributed by atoms with Crippen LogP contribution in [0.3, 0.4) is 0 Å². The van der Waals surface area contributed by atoms with E-state index in [0.29, 0.717) is 5.56 Å². The predicted molar refractivity (Wildman–Crippen MR) is 53.8 cm³/mol. The number of halogens is 2. The van der Waals surface area contributed by atoms with Crippen molar-refractivity contribution >= 4 is 15.9 Å². The second-order valence-electron chi connectivity index (χ2n) is 3.61. The van der Waals surface area contributed by atoms with E-state index in [1.807, 2.05) is 6.07 Å². The molecule has 0 radical (unpaired) electrons. The fourth-order valence-electron chi connectivity index (χ4n) is 1.78. The molecule has 0 saturated heterocycles. The summed E-state index contributed by atoms with van der Waals surface area (Å²) in [6.45, 7) is 0. The lowest BCUT2D eigenvalue weighted by Gasteiger charge is -2.39. The van der Waals surface area contributed by atoms with Gasteiger partial charge in [-0.05, 0) is 31.4 Å². The third-order valence-corrected chi connectivity index (χ3v) is 3.37. The van der Waals surface area contributed by atoms with E-state index >= 15 is 0 Å². The van der Waals surface area contributed by atoms with E-state index in [9.17, 15) is 4.39 Å². The van der Waals surface area contributed by atoms with Crippen molar-refractivity contribution in [2.45, 2.75) is 24.8 Å². The summed E-state index contributed by atoms with van der Waals surface area (Å²) in [5, 5.41) is 0. The van der Waals surface area contributed by atoms with Crippen LogP contribution < -0.4 is 5.73 Å². The number of hydrogen-bond acceptors (Lipinski definition) is 1. The molecule has 3 heteroatoms. The van der Waals surface area contributed by atoms with Crippen LogP contribution in [0, 0.1) is 5.82 Å². The summed E-state index contributed by atoms with van der Waals surface area (Å²) in [6.07, 6.45) is 2.86. The van der Waals surface area contributed by atoms with Gasteiger partial charge in [-0.1, -0.05) is 22.0 Å². The summed E-state index contributed by atoms with van der Waals surface area (Å²) >= 11 is 3.34. The first-order valence-electron chi connectivity index (χ1n) is 4.37. The molecule has 1 aromatic carbocycles. The summed E-state index contributed by atoms with van der Waals surface area (Å²) in [5.41, 5.74) is 6.27. The van der Waals surface area contributed by atoms with Crippen LogP contribution in [-0.4, -0.2) is 0 Å². The summed E-state index contributed by atoms with van der Waals surface area (Å²) in [4.78, 5) is 0. The normalized spacial score (nSPS) is 19.6. The van der Waals surface area contributed by atoms with Crippen LogP contribution >= 0.6 is 15.9 Å². The van der Waals surface area contributed by atoms with E-state index in [2.05, 4.69) is 15.9 Å². The minimum absolute atomic E-state index is 0.198. The molecule has 1 saturated carbocycles. The van der Waals surface area contributed by atoms with Crippen molar-refractivity contribution in [2.24, 2.45) is 5.73 Å². The fraction of sp³-hybridized carbons (Fsp3) is 0.400. The molecule has 0 atom stereocenters. The van der Waals surface area contributed by atoms with Gasteiger partial charge >= 0.3 is 0 Å². The molecule has 0 bridgehead atoms. The molecule has 0 heterocycles.